The zero-order valence-electron chi connectivity index (χ0n) is 22.6. The molecular formula is C35H27NO5. The van der Waals surface area contributed by atoms with Crippen LogP contribution in [0, 0.1) is 5.41 Å². The predicted octanol–water partition coefficient (Wildman–Crippen LogP) is 6.02. The molecule has 2 heterocycles. The fourth-order valence-electron chi connectivity index (χ4n) is 7.05. The smallest absolute Gasteiger partial charge is 0.185 e. The molecule has 41 heavy (non-hydrogen) atoms. The highest BCUT2D eigenvalue weighted by atomic mass is 16.5. The molecule has 3 atom stereocenters. The highest BCUT2D eigenvalue weighted by molar-refractivity contribution is 6.32. The van der Waals surface area contributed by atoms with Crippen molar-refractivity contribution in [1.29, 1.82) is 0 Å². The fraction of sp³-hybridized carbons (Fsp3) is 0.171. The lowest BCUT2D eigenvalue weighted by Crippen LogP contribution is -2.48. The molecule has 0 aromatic heterocycles. The number of anilines is 1. The lowest BCUT2D eigenvalue weighted by molar-refractivity contribution is 0.0665. The van der Waals surface area contributed by atoms with Crippen molar-refractivity contribution >= 4 is 29.1 Å². The molecule has 4 aromatic carbocycles. The Morgan fingerprint density at radius 1 is 0.756 bits per heavy atom. The standard InChI is InChI=1S/C35H27NO5/c1-40-24-17-14-22(15-18-24)32(37)31-30(23-9-7-10-25(20-23)41-2)35(33(38)26-11-4-5-12-27(26)34(35)39)29-19-16-21-8-3-6-13-28(21)36(29)31/h3-20,29-31H,1-2H3/t29-,30-,31+/m1/s1. The highest BCUT2D eigenvalue weighted by Crippen LogP contribution is 2.61. The van der Waals surface area contributed by atoms with Crippen LogP contribution in [-0.2, 0) is 0 Å². The summed E-state index contributed by atoms with van der Waals surface area (Å²) in [5.74, 6) is -0.256. The number of ether oxygens (including phenoxy) is 2. The summed E-state index contributed by atoms with van der Waals surface area (Å²) in [5, 5.41) is 0. The van der Waals surface area contributed by atoms with Crippen LogP contribution < -0.4 is 14.4 Å². The van der Waals surface area contributed by atoms with E-state index in [-0.39, 0.29) is 17.3 Å². The van der Waals surface area contributed by atoms with E-state index in [1.807, 2.05) is 65.6 Å². The molecule has 1 spiro atoms. The van der Waals surface area contributed by atoms with Gasteiger partial charge in [0.05, 0.1) is 20.3 Å². The van der Waals surface area contributed by atoms with Gasteiger partial charge in [-0.1, -0.05) is 66.7 Å². The van der Waals surface area contributed by atoms with Gasteiger partial charge in [-0.05, 0) is 53.6 Å². The highest BCUT2D eigenvalue weighted by Gasteiger charge is 2.71. The van der Waals surface area contributed by atoms with E-state index >= 15 is 0 Å². The molecule has 0 bridgehead atoms. The van der Waals surface area contributed by atoms with Gasteiger partial charge in [-0.2, -0.15) is 0 Å². The minimum absolute atomic E-state index is 0.177. The monoisotopic (exact) mass is 541 g/mol. The minimum atomic E-state index is -1.55. The van der Waals surface area contributed by atoms with Crippen molar-refractivity contribution in [2.45, 2.75) is 18.0 Å². The summed E-state index contributed by atoms with van der Waals surface area (Å²) in [6, 6.07) is 27.6. The van der Waals surface area contributed by atoms with Gasteiger partial charge in [0.2, 0.25) is 0 Å². The third-order valence-corrected chi connectivity index (χ3v) is 8.81. The molecule has 0 N–H and O–H groups in total. The van der Waals surface area contributed by atoms with E-state index in [4.69, 9.17) is 9.47 Å². The quantitative estimate of drug-likeness (QED) is 0.227. The second kappa shape index (κ2) is 9.30. The first-order valence-electron chi connectivity index (χ1n) is 13.6. The van der Waals surface area contributed by atoms with Crippen LogP contribution in [0.2, 0.25) is 0 Å². The van der Waals surface area contributed by atoms with Crippen molar-refractivity contribution in [2.24, 2.45) is 5.41 Å². The van der Waals surface area contributed by atoms with Crippen LogP contribution in [0.15, 0.2) is 103 Å². The third-order valence-electron chi connectivity index (χ3n) is 8.81. The molecule has 0 radical (unpaired) electrons. The minimum Gasteiger partial charge on any atom is -0.497 e. The van der Waals surface area contributed by atoms with E-state index in [9.17, 15) is 14.4 Å². The number of methoxy groups -OCH3 is 2. The topological polar surface area (TPSA) is 72.9 Å². The number of ketones is 3. The van der Waals surface area contributed by atoms with E-state index in [0.29, 0.717) is 33.8 Å². The van der Waals surface area contributed by atoms with Gasteiger partial charge in [0, 0.05) is 28.3 Å². The van der Waals surface area contributed by atoms with Crippen molar-refractivity contribution in [3.63, 3.8) is 0 Å². The molecule has 0 amide bonds. The Balaban J connectivity index is 1.53. The average Bonchev–Trinajstić information content (AvgIpc) is 3.47. The van der Waals surface area contributed by atoms with Crippen LogP contribution in [0.5, 0.6) is 11.5 Å². The molecule has 3 aliphatic rings. The molecule has 0 saturated carbocycles. The number of carbonyl (C=O) groups is 3. The number of carbonyl (C=O) groups excluding carboxylic acids is 3. The molecule has 1 fully saturated rings. The number of hydrogen-bond donors (Lipinski definition) is 0. The summed E-state index contributed by atoms with van der Waals surface area (Å²) in [5.41, 5.74) is 2.16. The summed E-state index contributed by atoms with van der Waals surface area (Å²) >= 11 is 0. The summed E-state index contributed by atoms with van der Waals surface area (Å²) in [7, 11) is 3.15. The van der Waals surface area contributed by atoms with E-state index in [1.165, 1.54) is 0 Å². The second-order valence-electron chi connectivity index (χ2n) is 10.6. The van der Waals surface area contributed by atoms with Crippen LogP contribution in [0.25, 0.3) is 6.08 Å². The van der Waals surface area contributed by atoms with Gasteiger partial charge < -0.3 is 14.4 Å². The first-order valence-corrected chi connectivity index (χ1v) is 13.6. The van der Waals surface area contributed by atoms with Crippen molar-refractivity contribution in [2.75, 3.05) is 19.1 Å². The number of para-hydroxylation sites is 1. The van der Waals surface area contributed by atoms with Crippen molar-refractivity contribution < 1.29 is 23.9 Å². The number of nitrogens with zero attached hydrogens (tertiary/aromatic N) is 1. The second-order valence-corrected chi connectivity index (χ2v) is 10.6. The SMILES string of the molecule is COc1ccc(C(=O)[C@@H]2[C@@H](c3cccc(OC)c3)C3(C(=O)c4ccccc4C3=O)[C@H]3C=Cc4ccccc4N23)cc1. The van der Waals surface area contributed by atoms with E-state index < -0.39 is 23.4 Å². The molecule has 6 nitrogen and oxygen atoms in total. The molecule has 0 unspecified atom stereocenters. The molecule has 1 saturated heterocycles. The molecule has 2 aliphatic heterocycles. The molecule has 4 aromatic rings. The van der Waals surface area contributed by atoms with Gasteiger partial charge in [-0.15, -0.1) is 0 Å². The fourth-order valence-corrected chi connectivity index (χ4v) is 7.05. The third kappa shape index (κ3) is 3.40. The zero-order chi connectivity index (χ0) is 28.3. The Morgan fingerprint density at radius 2 is 1.41 bits per heavy atom. The van der Waals surface area contributed by atoms with Crippen LogP contribution >= 0.6 is 0 Å². The maximum Gasteiger partial charge on any atom is 0.185 e. The van der Waals surface area contributed by atoms with Crippen LogP contribution in [0.4, 0.5) is 5.69 Å². The van der Waals surface area contributed by atoms with E-state index in [0.717, 1.165) is 11.3 Å². The number of rotatable bonds is 5. The van der Waals surface area contributed by atoms with Gasteiger partial charge in [0.15, 0.2) is 17.3 Å². The van der Waals surface area contributed by atoms with Gasteiger partial charge >= 0.3 is 0 Å². The molecular weight excluding hydrogens is 514 g/mol. The maximum atomic E-state index is 14.7. The molecule has 6 heteroatoms. The number of benzene rings is 4. The summed E-state index contributed by atoms with van der Waals surface area (Å²) in [6.45, 7) is 0. The van der Waals surface area contributed by atoms with Gasteiger partial charge in [-0.25, -0.2) is 0 Å². The van der Waals surface area contributed by atoms with Gasteiger partial charge in [-0.3, -0.25) is 14.4 Å². The van der Waals surface area contributed by atoms with E-state index in [1.54, 1.807) is 62.8 Å². The Kier molecular flexibility index (Phi) is 5.68. The maximum absolute atomic E-state index is 14.7. The lowest BCUT2D eigenvalue weighted by Gasteiger charge is -2.37. The summed E-state index contributed by atoms with van der Waals surface area (Å²) in [6.07, 6.45) is 3.89. The Morgan fingerprint density at radius 3 is 2.10 bits per heavy atom. The normalized spacial score (nSPS) is 21.4. The van der Waals surface area contributed by atoms with Crippen molar-refractivity contribution in [3.8, 4) is 11.5 Å². The molecule has 7 rings (SSSR count). The summed E-state index contributed by atoms with van der Waals surface area (Å²) < 4.78 is 10.9. The average molecular weight is 542 g/mol. The zero-order valence-corrected chi connectivity index (χ0v) is 22.6. The predicted molar refractivity (Wildman–Crippen MR) is 156 cm³/mol. The van der Waals surface area contributed by atoms with E-state index in [2.05, 4.69) is 0 Å². The van der Waals surface area contributed by atoms with Gasteiger partial charge in [0.1, 0.15) is 23.0 Å². The van der Waals surface area contributed by atoms with Crippen molar-refractivity contribution in [3.05, 3.63) is 131 Å². The first kappa shape index (κ1) is 25.0. The Bertz CT molecular complexity index is 1720. The number of fused-ring (bicyclic) bond motifs is 5. The lowest BCUT2D eigenvalue weighted by atomic mass is 9.64. The van der Waals surface area contributed by atoms with Crippen LogP contribution in [-0.4, -0.2) is 43.7 Å². The Labute approximate surface area is 237 Å². The molecule has 1 aliphatic carbocycles. The number of hydrogen-bond acceptors (Lipinski definition) is 6. The molecule has 202 valence electrons. The Hall–Kier alpha value is -4.97. The number of Topliss-reactive ketones (excluding diaryl/α,β-unsaturated/α-hetero) is 3. The largest absolute Gasteiger partial charge is 0.497 e. The van der Waals surface area contributed by atoms with Gasteiger partial charge in [0.25, 0.3) is 0 Å². The van der Waals surface area contributed by atoms with Crippen molar-refractivity contribution in [1.82, 2.24) is 0 Å². The first-order chi connectivity index (χ1) is 20.0. The van der Waals surface area contributed by atoms with Crippen LogP contribution in [0.1, 0.15) is 48.1 Å². The van der Waals surface area contributed by atoms with Crippen LogP contribution in [0.3, 0.4) is 0 Å². The summed E-state index contributed by atoms with van der Waals surface area (Å²) in [4.78, 5) is 46.1.